The predicted molar refractivity (Wildman–Crippen MR) is 79.7 cm³/mol. The van der Waals surface area contributed by atoms with Crippen LogP contribution in [-0.2, 0) is 11.3 Å². The highest BCUT2D eigenvalue weighted by molar-refractivity contribution is 5.82. The Kier molecular flexibility index (Phi) is 4.65. The summed E-state index contributed by atoms with van der Waals surface area (Å²) in [4.78, 5) is 14.5. The normalized spacial score (nSPS) is 17.6. The van der Waals surface area contributed by atoms with Crippen molar-refractivity contribution in [1.29, 1.82) is 0 Å². The molecule has 1 aliphatic rings. The SMILES string of the molecule is COc1ccc(CN(C)C(=O)C2(C)CCNCC2)cc1. The highest BCUT2D eigenvalue weighted by Gasteiger charge is 2.36. The molecule has 1 saturated heterocycles. The lowest BCUT2D eigenvalue weighted by molar-refractivity contribution is -0.141. The first-order valence-electron chi connectivity index (χ1n) is 7.14. The van der Waals surface area contributed by atoms with Crippen molar-refractivity contribution in [2.45, 2.75) is 26.3 Å². The van der Waals surface area contributed by atoms with Crippen LogP contribution >= 0.6 is 0 Å². The predicted octanol–water partition coefficient (Wildman–Crippen LogP) is 2.04. The molecule has 0 radical (unpaired) electrons. The van der Waals surface area contributed by atoms with Gasteiger partial charge in [-0.2, -0.15) is 0 Å². The Hall–Kier alpha value is -1.55. The van der Waals surface area contributed by atoms with E-state index in [2.05, 4.69) is 12.2 Å². The van der Waals surface area contributed by atoms with Gasteiger partial charge in [0.25, 0.3) is 0 Å². The van der Waals surface area contributed by atoms with Crippen LogP contribution in [0.5, 0.6) is 5.75 Å². The first kappa shape index (κ1) is 14.9. The fraction of sp³-hybridized carbons (Fsp3) is 0.562. The van der Waals surface area contributed by atoms with Crippen molar-refractivity contribution in [3.63, 3.8) is 0 Å². The molecule has 110 valence electrons. The summed E-state index contributed by atoms with van der Waals surface area (Å²) in [7, 11) is 3.54. The van der Waals surface area contributed by atoms with Crippen LogP contribution in [0.2, 0.25) is 0 Å². The van der Waals surface area contributed by atoms with Gasteiger partial charge in [0.05, 0.1) is 7.11 Å². The van der Waals surface area contributed by atoms with Gasteiger partial charge in [-0.1, -0.05) is 19.1 Å². The number of nitrogens with one attached hydrogen (secondary N) is 1. The fourth-order valence-electron chi connectivity index (χ4n) is 2.73. The van der Waals surface area contributed by atoms with Crippen molar-refractivity contribution in [3.05, 3.63) is 29.8 Å². The molecular weight excluding hydrogens is 252 g/mol. The second kappa shape index (κ2) is 6.27. The van der Waals surface area contributed by atoms with Gasteiger partial charge in [-0.15, -0.1) is 0 Å². The van der Waals surface area contributed by atoms with Gasteiger partial charge in [0.1, 0.15) is 5.75 Å². The molecule has 1 aliphatic heterocycles. The van der Waals surface area contributed by atoms with E-state index in [0.717, 1.165) is 37.2 Å². The number of benzene rings is 1. The topological polar surface area (TPSA) is 41.6 Å². The van der Waals surface area contributed by atoms with Gasteiger partial charge < -0.3 is 15.0 Å². The molecule has 0 aliphatic carbocycles. The third-order valence-corrected chi connectivity index (χ3v) is 4.15. The number of rotatable bonds is 4. The Morgan fingerprint density at radius 1 is 1.30 bits per heavy atom. The van der Waals surface area contributed by atoms with E-state index in [4.69, 9.17) is 4.74 Å². The fourth-order valence-corrected chi connectivity index (χ4v) is 2.73. The second-order valence-electron chi connectivity index (χ2n) is 5.82. The summed E-state index contributed by atoms with van der Waals surface area (Å²) in [6.07, 6.45) is 1.83. The number of methoxy groups -OCH3 is 1. The Morgan fingerprint density at radius 3 is 2.45 bits per heavy atom. The van der Waals surface area contributed by atoms with Crippen LogP contribution in [0, 0.1) is 5.41 Å². The molecule has 4 heteroatoms. The Bertz CT molecular complexity index is 450. The van der Waals surface area contributed by atoms with Crippen molar-refractivity contribution in [3.8, 4) is 5.75 Å². The van der Waals surface area contributed by atoms with Crippen LogP contribution in [0.4, 0.5) is 0 Å². The lowest BCUT2D eigenvalue weighted by Gasteiger charge is -2.36. The smallest absolute Gasteiger partial charge is 0.228 e. The molecule has 2 rings (SSSR count). The maximum Gasteiger partial charge on any atom is 0.228 e. The third-order valence-electron chi connectivity index (χ3n) is 4.15. The summed E-state index contributed by atoms with van der Waals surface area (Å²) in [6, 6.07) is 7.88. The molecular formula is C16H24N2O2. The number of amides is 1. The summed E-state index contributed by atoms with van der Waals surface area (Å²) >= 11 is 0. The van der Waals surface area contributed by atoms with Crippen molar-refractivity contribution >= 4 is 5.91 Å². The summed E-state index contributed by atoms with van der Waals surface area (Å²) in [6.45, 7) is 4.59. The quantitative estimate of drug-likeness (QED) is 0.915. The number of piperidine rings is 1. The van der Waals surface area contributed by atoms with E-state index >= 15 is 0 Å². The molecule has 0 aromatic heterocycles. The Labute approximate surface area is 121 Å². The van der Waals surface area contributed by atoms with E-state index in [9.17, 15) is 4.79 Å². The van der Waals surface area contributed by atoms with E-state index in [-0.39, 0.29) is 11.3 Å². The van der Waals surface area contributed by atoms with Crippen molar-refractivity contribution < 1.29 is 9.53 Å². The van der Waals surface area contributed by atoms with Crippen LogP contribution in [0.25, 0.3) is 0 Å². The molecule has 1 aromatic carbocycles. The zero-order valence-corrected chi connectivity index (χ0v) is 12.6. The molecule has 0 saturated carbocycles. The van der Waals surface area contributed by atoms with E-state index in [1.54, 1.807) is 7.11 Å². The third kappa shape index (κ3) is 3.31. The molecule has 1 N–H and O–H groups in total. The van der Waals surface area contributed by atoms with Gasteiger partial charge in [0, 0.05) is 19.0 Å². The second-order valence-corrected chi connectivity index (χ2v) is 5.82. The van der Waals surface area contributed by atoms with E-state index < -0.39 is 0 Å². The molecule has 0 bridgehead atoms. The molecule has 0 spiro atoms. The average Bonchev–Trinajstić information content (AvgIpc) is 2.48. The van der Waals surface area contributed by atoms with E-state index in [0.29, 0.717) is 6.54 Å². The van der Waals surface area contributed by atoms with Crippen LogP contribution < -0.4 is 10.1 Å². The van der Waals surface area contributed by atoms with Crippen molar-refractivity contribution in [2.75, 3.05) is 27.2 Å². The van der Waals surface area contributed by atoms with Gasteiger partial charge in [0.2, 0.25) is 5.91 Å². The first-order valence-corrected chi connectivity index (χ1v) is 7.14. The summed E-state index contributed by atoms with van der Waals surface area (Å²) in [5.74, 6) is 1.09. The standard InChI is InChI=1S/C16H24N2O2/c1-16(8-10-17-11-9-16)15(19)18(2)12-13-4-6-14(20-3)7-5-13/h4-7,17H,8-12H2,1-3H3. The first-order chi connectivity index (χ1) is 9.55. The lowest BCUT2D eigenvalue weighted by Crippen LogP contribution is -2.46. The number of carbonyl (C=O) groups excluding carboxylic acids is 1. The lowest BCUT2D eigenvalue weighted by atomic mass is 9.79. The number of nitrogens with zero attached hydrogens (tertiary/aromatic N) is 1. The van der Waals surface area contributed by atoms with Crippen LogP contribution in [0.1, 0.15) is 25.3 Å². The maximum atomic E-state index is 12.6. The average molecular weight is 276 g/mol. The van der Waals surface area contributed by atoms with Crippen molar-refractivity contribution in [1.82, 2.24) is 10.2 Å². The van der Waals surface area contributed by atoms with Gasteiger partial charge in [-0.3, -0.25) is 4.79 Å². The number of carbonyl (C=O) groups is 1. The van der Waals surface area contributed by atoms with Gasteiger partial charge in [-0.05, 0) is 43.6 Å². The molecule has 1 fully saturated rings. The summed E-state index contributed by atoms with van der Waals surface area (Å²) < 4.78 is 5.15. The molecule has 0 atom stereocenters. The Balaban J connectivity index is 1.99. The molecule has 4 nitrogen and oxygen atoms in total. The monoisotopic (exact) mass is 276 g/mol. The van der Waals surface area contributed by atoms with Gasteiger partial charge in [0.15, 0.2) is 0 Å². The zero-order valence-electron chi connectivity index (χ0n) is 12.6. The Morgan fingerprint density at radius 2 is 1.90 bits per heavy atom. The molecule has 1 heterocycles. The maximum absolute atomic E-state index is 12.6. The van der Waals surface area contributed by atoms with Crippen molar-refractivity contribution in [2.24, 2.45) is 5.41 Å². The minimum Gasteiger partial charge on any atom is -0.497 e. The minimum atomic E-state index is -0.216. The van der Waals surface area contributed by atoms with E-state index in [1.807, 2.05) is 36.2 Å². The summed E-state index contributed by atoms with van der Waals surface area (Å²) in [5.41, 5.74) is 0.908. The van der Waals surface area contributed by atoms with E-state index in [1.165, 1.54) is 0 Å². The number of ether oxygens (including phenoxy) is 1. The van der Waals surface area contributed by atoms with Crippen LogP contribution in [-0.4, -0.2) is 38.1 Å². The summed E-state index contributed by atoms with van der Waals surface area (Å²) in [5, 5.41) is 3.31. The molecule has 1 amide bonds. The molecule has 0 unspecified atom stereocenters. The van der Waals surface area contributed by atoms with Gasteiger partial charge >= 0.3 is 0 Å². The minimum absolute atomic E-state index is 0.216. The zero-order chi connectivity index (χ0) is 14.6. The number of hydrogen-bond acceptors (Lipinski definition) is 3. The van der Waals surface area contributed by atoms with Gasteiger partial charge in [-0.25, -0.2) is 0 Å². The highest BCUT2D eigenvalue weighted by atomic mass is 16.5. The largest absolute Gasteiger partial charge is 0.497 e. The van der Waals surface area contributed by atoms with Crippen LogP contribution in [0.3, 0.4) is 0 Å². The highest BCUT2D eigenvalue weighted by Crippen LogP contribution is 2.30. The number of hydrogen-bond donors (Lipinski definition) is 1. The van der Waals surface area contributed by atoms with Crippen LogP contribution in [0.15, 0.2) is 24.3 Å². The molecule has 1 aromatic rings. The molecule has 20 heavy (non-hydrogen) atoms.